The first-order valence-corrected chi connectivity index (χ1v) is 10.6. The van der Waals surface area contributed by atoms with Gasteiger partial charge in [-0.15, -0.1) is 0 Å². The molecule has 0 unspecified atom stereocenters. The second-order valence-electron chi connectivity index (χ2n) is 7.15. The summed E-state index contributed by atoms with van der Waals surface area (Å²) in [5, 5.41) is 13.8. The Morgan fingerprint density at radius 1 is 1.07 bits per heavy atom. The molecule has 0 atom stereocenters. The van der Waals surface area contributed by atoms with Crippen LogP contribution in [0, 0.1) is 0 Å². The van der Waals surface area contributed by atoms with Crippen molar-refractivity contribution in [1.29, 1.82) is 0 Å². The normalized spacial score (nSPS) is 11.0. The summed E-state index contributed by atoms with van der Waals surface area (Å²) in [5.41, 5.74) is 4.20. The van der Waals surface area contributed by atoms with Crippen LogP contribution in [0.25, 0.3) is 6.08 Å². The lowest BCUT2D eigenvalue weighted by atomic mass is 9.96. The average molecular weight is 396 g/mol. The molecule has 0 spiro atoms. The van der Waals surface area contributed by atoms with Gasteiger partial charge in [0.15, 0.2) is 5.78 Å². The van der Waals surface area contributed by atoms with Crippen molar-refractivity contribution in [3.63, 3.8) is 0 Å². The third kappa shape index (κ3) is 5.86. The predicted molar refractivity (Wildman–Crippen MR) is 121 cm³/mol. The van der Waals surface area contributed by atoms with Crippen molar-refractivity contribution in [3.8, 4) is 11.5 Å². The Kier molecular flexibility index (Phi) is 8.78. The van der Waals surface area contributed by atoms with Gasteiger partial charge in [-0.1, -0.05) is 33.6 Å². The van der Waals surface area contributed by atoms with Gasteiger partial charge in [-0.3, -0.25) is 4.79 Å². The number of rotatable bonds is 11. The summed E-state index contributed by atoms with van der Waals surface area (Å²) in [4.78, 5) is 12.6. The Hall–Kier alpha value is -2.75. The number of nitrogens with one attached hydrogen (secondary N) is 1. The van der Waals surface area contributed by atoms with E-state index in [1.165, 1.54) is 0 Å². The van der Waals surface area contributed by atoms with Crippen LogP contribution >= 0.6 is 0 Å². The van der Waals surface area contributed by atoms with Crippen molar-refractivity contribution in [2.75, 3.05) is 19.0 Å². The summed E-state index contributed by atoms with van der Waals surface area (Å²) in [6, 6.07) is 9.35. The number of aryl methyl sites for hydroxylation is 1. The molecule has 0 saturated heterocycles. The first-order valence-electron chi connectivity index (χ1n) is 10.6. The van der Waals surface area contributed by atoms with Crippen LogP contribution in [0.1, 0.15) is 67.1 Å². The molecule has 0 amide bonds. The van der Waals surface area contributed by atoms with Crippen LogP contribution in [0.15, 0.2) is 36.4 Å². The number of phenolic OH excluding ortho intramolecular Hbond substituents is 1. The van der Waals surface area contributed by atoms with E-state index in [0.717, 1.165) is 54.5 Å². The van der Waals surface area contributed by atoms with Gasteiger partial charge in [-0.25, -0.2) is 0 Å². The smallest absolute Gasteiger partial charge is 0.185 e. The Balaban J connectivity index is 2.43. The fourth-order valence-electron chi connectivity index (χ4n) is 3.30. The summed E-state index contributed by atoms with van der Waals surface area (Å²) in [6.45, 7) is 6.81. The minimum Gasteiger partial charge on any atom is -0.507 e. The van der Waals surface area contributed by atoms with Crippen LogP contribution in [0.5, 0.6) is 11.5 Å². The van der Waals surface area contributed by atoms with Gasteiger partial charge >= 0.3 is 0 Å². The van der Waals surface area contributed by atoms with Crippen molar-refractivity contribution in [1.82, 2.24) is 0 Å². The summed E-state index contributed by atoms with van der Waals surface area (Å²) in [5.74, 6) is 0.975. The van der Waals surface area contributed by atoms with Gasteiger partial charge < -0.3 is 15.2 Å². The van der Waals surface area contributed by atoms with E-state index in [-0.39, 0.29) is 5.78 Å². The van der Waals surface area contributed by atoms with Gasteiger partial charge in [0, 0.05) is 29.4 Å². The highest BCUT2D eigenvalue weighted by molar-refractivity contribution is 6.07. The van der Waals surface area contributed by atoms with Crippen LogP contribution in [0.4, 0.5) is 5.69 Å². The van der Waals surface area contributed by atoms with Gasteiger partial charge in [0.05, 0.1) is 6.61 Å². The molecule has 0 aromatic heterocycles. The van der Waals surface area contributed by atoms with Crippen molar-refractivity contribution in [2.45, 2.75) is 52.9 Å². The number of anilines is 1. The molecule has 29 heavy (non-hydrogen) atoms. The number of aromatic hydroxyl groups is 1. The number of hydrogen-bond donors (Lipinski definition) is 2. The number of allylic oxidation sites excluding steroid dienone is 1. The maximum atomic E-state index is 12.6. The summed E-state index contributed by atoms with van der Waals surface area (Å²) >= 11 is 0. The molecule has 2 rings (SSSR count). The second kappa shape index (κ2) is 11.3. The molecule has 4 heteroatoms. The van der Waals surface area contributed by atoms with Gasteiger partial charge in [0.2, 0.25) is 0 Å². The maximum Gasteiger partial charge on any atom is 0.185 e. The van der Waals surface area contributed by atoms with E-state index in [4.69, 9.17) is 4.74 Å². The molecular formula is C25H33NO3. The van der Waals surface area contributed by atoms with Gasteiger partial charge in [0.25, 0.3) is 0 Å². The lowest BCUT2D eigenvalue weighted by Crippen LogP contribution is -2.04. The third-order valence-corrected chi connectivity index (χ3v) is 4.80. The molecule has 2 aromatic rings. The Morgan fingerprint density at radius 2 is 1.76 bits per heavy atom. The molecule has 2 N–H and O–H groups in total. The molecule has 0 heterocycles. The molecule has 4 nitrogen and oxygen atoms in total. The Bertz CT molecular complexity index is 838. The predicted octanol–water partition coefficient (Wildman–Crippen LogP) is 6.02. The number of ether oxygens (including phenoxy) is 1. The van der Waals surface area contributed by atoms with Gasteiger partial charge in [0.1, 0.15) is 11.5 Å². The number of ketones is 1. The largest absolute Gasteiger partial charge is 0.507 e. The highest BCUT2D eigenvalue weighted by Crippen LogP contribution is 2.37. The number of carbonyl (C=O) groups is 1. The maximum absolute atomic E-state index is 12.6. The standard InChI is InChI=1S/C25H33NO3/c1-5-8-19-17-20(25(29-16-7-3)22(9-6-2)24(19)28)12-15-23(27)18-10-13-21(26-4)14-11-18/h10-15,17,26,28H,5-9,16H2,1-4H3. The van der Waals surface area contributed by atoms with Crippen LogP contribution in [-0.2, 0) is 12.8 Å². The number of hydrogen-bond acceptors (Lipinski definition) is 4. The van der Waals surface area contributed by atoms with Gasteiger partial charge in [-0.05, 0) is 67.3 Å². The van der Waals surface area contributed by atoms with Crippen molar-refractivity contribution < 1.29 is 14.6 Å². The van der Waals surface area contributed by atoms with E-state index in [0.29, 0.717) is 23.7 Å². The first-order chi connectivity index (χ1) is 14.0. The monoisotopic (exact) mass is 395 g/mol. The van der Waals surface area contributed by atoms with E-state index >= 15 is 0 Å². The molecule has 2 aromatic carbocycles. The minimum absolute atomic E-state index is 0.0590. The number of phenols is 1. The number of benzene rings is 2. The van der Waals surface area contributed by atoms with Crippen molar-refractivity contribution in [3.05, 3.63) is 58.7 Å². The molecule has 0 radical (unpaired) electrons. The summed E-state index contributed by atoms with van der Waals surface area (Å²) in [7, 11) is 1.85. The average Bonchev–Trinajstić information content (AvgIpc) is 2.74. The van der Waals surface area contributed by atoms with Crippen molar-refractivity contribution in [2.24, 2.45) is 0 Å². The van der Waals surface area contributed by atoms with E-state index < -0.39 is 0 Å². The highest BCUT2D eigenvalue weighted by atomic mass is 16.5. The lowest BCUT2D eigenvalue weighted by molar-refractivity contribution is 0.104. The van der Waals surface area contributed by atoms with E-state index in [1.54, 1.807) is 6.08 Å². The van der Waals surface area contributed by atoms with Crippen LogP contribution in [0.2, 0.25) is 0 Å². The van der Waals surface area contributed by atoms with Gasteiger partial charge in [-0.2, -0.15) is 0 Å². The second-order valence-corrected chi connectivity index (χ2v) is 7.15. The summed E-state index contributed by atoms with van der Waals surface area (Å²) in [6.07, 6.45) is 7.66. The van der Waals surface area contributed by atoms with E-state index in [9.17, 15) is 9.90 Å². The quantitative estimate of drug-likeness (QED) is 0.361. The zero-order chi connectivity index (χ0) is 21.2. The van der Waals surface area contributed by atoms with Crippen LogP contribution in [-0.4, -0.2) is 24.5 Å². The lowest BCUT2D eigenvalue weighted by Gasteiger charge is -2.18. The molecule has 156 valence electrons. The fourth-order valence-corrected chi connectivity index (χ4v) is 3.30. The molecule has 0 aliphatic carbocycles. The molecular weight excluding hydrogens is 362 g/mol. The molecule has 0 aliphatic rings. The summed E-state index contributed by atoms with van der Waals surface area (Å²) < 4.78 is 6.02. The first kappa shape index (κ1) is 22.5. The molecule has 0 bridgehead atoms. The zero-order valence-electron chi connectivity index (χ0n) is 18.0. The van der Waals surface area contributed by atoms with Crippen molar-refractivity contribution >= 4 is 17.5 Å². The minimum atomic E-state index is -0.0590. The van der Waals surface area contributed by atoms with E-state index in [1.807, 2.05) is 43.5 Å². The molecule has 0 saturated carbocycles. The van der Waals surface area contributed by atoms with Crippen LogP contribution in [0.3, 0.4) is 0 Å². The van der Waals surface area contributed by atoms with E-state index in [2.05, 4.69) is 26.1 Å². The molecule has 0 aliphatic heterocycles. The molecule has 0 fully saturated rings. The third-order valence-electron chi connectivity index (χ3n) is 4.80. The highest BCUT2D eigenvalue weighted by Gasteiger charge is 2.17. The van der Waals surface area contributed by atoms with Crippen LogP contribution < -0.4 is 10.1 Å². The fraction of sp³-hybridized carbons (Fsp3) is 0.400. The Labute approximate surface area is 174 Å². The number of carbonyl (C=O) groups excluding carboxylic acids is 1. The zero-order valence-corrected chi connectivity index (χ0v) is 18.0. The SMILES string of the molecule is CCCOc1c(C=CC(=O)c2ccc(NC)cc2)cc(CCC)c(O)c1CCC. The topological polar surface area (TPSA) is 58.6 Å². The Morgan fingerprint density at radius 3 is 2.34 bits per heavy atom.